The predicted octanol–water partition coefficient (Wildman–Crippen LogP) is 4.51. The van der Waals surface area contributed by atoms with Gasteiger partial charge in [-0.2, -0.15) is 0 Å². The van der Waals surface area contributed by atoms with Crippen LogP contribution in [0.3, 0.4) is 0 Å². The largest absolute Gasteiger partial charge is 0.0591 e. The van der Waals surface area contributed by atoms with Crippen molar-refractivity contribution in [2.45, 2.75) is 51.9 Å². The molecule has 0 heterocycles. The van der Waals surface area contributed by atoms with Gasteiger partial charge < -0.3 is 0 Å². The van der Waals surface area contributed by atoms with Crippen molar-refractivity contribution in [1.29, 1.82) is 0 Å². The van der Waals surface area contributed by atoms with E-state index in [1.165, 1.54) is 56.1 Å². The Kier molecular flexibility index (Phi) is 3.82. The summed E-state index contributed by atoms with van der Waals surface area (Å²) in [5.74, 6) is 1.01. The van der Waals surface area contributed by atoms with E-state index in [0.29, 0.717) is 0 Å². The van der Waals surface area contributed by atoms with Gasteiger partial charge in [-0.25, -0.2) is 0 Å². The first kappa shape index (κ1) is 10.7. The van der Waals surface area contributed by atoms with Crippen LogP contribution in [0.15, 0.2) is 24.3 Å². The van der Waals surface area contributed by atoms with Crippen LogP contribution in [0, 0.1) is 12.8 Å². The van der Waals surface area contributed by atoms with E-state index in [-0.39, 0.29) is 0 Å². The molecule has 15 heavy (non-hydrogen) atoms. The van der Waals surface area contributed by atoms with E-state index >= 15 is 0 Å². The monoisotopic (exact) mass is 202 g/mol. The molecule has 0 unspecified atom stereocenters. The summed E-state index contributed by atoms with van der Waals surface area (Å²) in [7, 11) is 0. The van der Waals surface area contributed by atoms with Crippen LogP contribution in [0.5, 0.6) is 0 Å². The number of aryl methyl sites for hydroxylation is 2. The zero-order valence-corrected chi connectivity index (χ0v) is 9.84. The van der Waals surface area contributed by atoms with Crippen molar-refractivity contribution < 1.29 is 0 Å². The van der Waals surface area contributed by atoms with Gasteiger partial charge in [-0.15, -0.1) is 0 Å². The zero-order chi connectivity index (χ0) is 10.5. The van der Waals surface area contributed by atoms with Crippen LogP contribution in [-0.4, -0.2) is 0 Å². The maximum absolute atomic E-state index is 2.29. The fourth-order valence-electron chi connectivity index (χ4n) is 2.60. The molecule has 1 aromatic rings. The van der Waals surface area contributed by atoms with Gasteiger partial charge in [-0.05, 0) is 31.2 Å². The van der Waals surface area contributed by atoms with E-state index in [1.54, 1.807) is 0 Å². The second kappa shape index (κ2) is 5.34. The molecule has 0 spiro atoms. The molecule has 0 heteroatoms. The maximum atomic E-state index is 2.29. The molecule has 0 bridgehead atoms. The first-order chi connectivity index (χ1) is 7.34. The van der Waals surface area contributed by atoms with E-state index in [1.807, 2.05) is 0 Å². The summed E-state index contributed by atoms with van der Waals surface area (Å²) in [4.78, 5) is 0. The molecule has 0 aromatic heterocycles. The Morgan fingerprint density at radius 3 is 2.33 bits per heavy atom. The Bertz CT molecular complexity index is 277. The van der Waals surface area contributed by atoms with Gasteiger partial charge in [0.15, 0.2) is 0 Å². The van der Waals surface area contributed by atoms with E-state index < -0.39 is 0 Å². The maximum Gasteiger partial charge on any atom is -0.0276 e. The second-order valence-corrected chi connectivity index (χ2v) is 5.03. The lowest BCUT2D eigenvalue weighted by Crippen LogP contribution is -2.07. The third-order valence-electron chi connectivity index (χ3n) is 3.69. The van der Waals surface area contributed by atoms with Gasteiger partial charge in [0.1, 0.15) is 0 Å². The smallest absolute Gasteiger partial charge is 0.0276 e. The Morgan fingerprint density at radius 1 is 1.00 bits per heavy atom. The van der Waals surface area contributed by atoms with Gasteiger partial charge in [0, 0.05) is 0 Å². The summed E-state index contributed by atoms with van der Waals surface area (Å²) in [6.07, 6.45) is 10.1. The zero-order valence-electron chi connectivity index (χ0n) is 9.84. The third kappa shape index (κ3) is 3.37. The Labute approximate surface area is 93.7 Å². The molecule has 1 aliphatic rings. The van der Waals surface area contributed by atoms with Crippen LogP contribution in [0.4, 0.5) is 0 Å². The molecular formula is C15H22. The topological polar surface area (TPSA) is 0 Å². The summed E-state index contributed by atoms with van der Waals surface area (Å²) in [5.41, 5.74) is 2.89. The normalized spacial score (nSPS) is 17.9. The van der Waals surface area contributed by atoms with Crippen molar-refractivity contribution in [2.75, 3.05) is 0 Å². The van der Waals surface area contributed by atoms with Crippen LogP contribution < -0.4 is 0 Å². The van der Waals surface area contributed by atoms with Crippen molar-refractivity contribution in [3.05, 3.63) is 35.4 Å². The summed E-state index contributed by atoms with van der Waals surface area (Å²) in [6, 6.07) is 9.04. The minimum Gasteiger partial charge on any atom is -0.0591 e. The average Bonchev–Trinajstić information content (AvgIpc) is 2.30. The lowest BCUT2D eigenvalue weighted by atomic mass is 9.85. The van der Waals surface area contributed by atoms with Crippen LogP contribution in [0.1, 0.15) is 49.7 Å². The molecule has 0 N–H and O–H groups in total. The molecule has 0 atom stereocenters. The van der Waals surface area contributed by atoms with E-state index in [4.69, 9.17) is 0 Å². The van der Waals surface area contributed by atoms with Crippen molar-refractivity contribution in [1.82, 2.24) is 0 Å². The molecule has 1 fully saturated rings. The lowest BCUT2D eigenvalue weighted by molar-refractivity contribution is 0.339. The van der Waals surface area contributed by atoms with E-state index in [9.17, 15) is 0 Å². The molecular weight excluding hydrogens is 180 g/mol. The molecule has 0 aliphatic heterocycles. The van der Waals surface area contributed by atoms with Crippen LogP contribution in [0.2, 0.25) is 0 Å². The SMILES string of the molecule is Cc1ccc(CCC2CCCCC2)cc1. The highest BCUT2D eigenvalue weighted by atomic mass is 14.2. The predicted molar refractivity (Wildman–Crippen MR) is 66.1 cm³/mol. The highest BCUT2D eigenvalue weighted by molar-refractivity contribution is 5.21. The highest BCUT2D eigenvalue weighted by Gasteiger charge is 2.12. The van der Waals surface area contributed by atoms with Gasteiger partial charge in [0.2, 0.25) is 0 Å². The Hall–Kier alpha value is -0.780. The van der Waals surface area contributed by atoms with Crippen LogP contribution >= 0.6 is 0 Å². The fraction of sp³-hybridized carbons (Fsp3) is 0.600. The van der Waals surface area contributed by atoms with Crippen LogP contribution in [0.25, 0.3) is 0 Å². The molecule has 0 saturated heterocycles. The van der Waals surface area contributed by atoms with Gasteiger partial charge in [-0.1, -0.05) is 61.9 Å². The minimum atomic E-state index is 1.01. The fourth-order valence-corrected chi connectivity index (χ4v) is 2.60. The molecule has 0 nitrogen and oxygen atoms in total. The number of benzene rings is 1. The van der Waals surface area contributed by atoms with Gasteiger partial charge >= 0.3 is 0 Å². The molecule has 82 valence electrons. The van der Waals surface area contributed by atoms with Crippen molar-refractivity contribution in [3.63, 3.8) is 0 Å². The van der Waals surface area contributed by atoms with E-state index in [2.05, 4.69) is 31.2 Å². The first-order valence-electron chi connectivity index (χ1n) is 6.40. The summed E-state index contributed by atoms with van der Waals surface area (Å²) in [6.45, 7) is 2.16. The third-order valence-corrected chi connectivity index (χ3v) is 3.69. The Morgan fingerprint density at radius 2 is 1.67 bits per heavy atom. The van der Waals surface area contributed by atoms with Gasteiger partial charge in [-0.3, -0.25) is 0 Å². The lowest BCUT2D eigenvalue weighted by Gasteiger charge is -2.21. The summed E-state index contributed by atoms with van der Waals surface area (Å²) >= 11 is 0. The second-order valence-electron chi connectivity index (χ2n) is 5.03. The molecule has 0 radical (unpaired) electrons. The minimum absolute atomic E-state index is 1.01. The molecule has 1 saturated carbocycles. The highest BCUT2D eigenvalue weighted by Crippen LogP contribution is 2.27. The van der Waals surface area contributed by atoms with Gasteiger partial charge in [0.25, 0.3) is 0 Å². The quantitative estimate of drug-likeness (QED) is 0.676. The molecule has 0 amide bonds. The average molecular weight is 202 g/mol. The molecule has 1 aliphatic carbocycles. The van der Waals surface area contributed by atoms with E-state index in [0.717, 1.165) is 5.92 Å². The number of hydrogen-bond acceptors (Lipinski definition) is 0. The van der Waals surface area contributed by atoms with Crippen molar-refractivity contribution >= 4 is 0 Å². The Balaban J connectivity index is 1.79. The number of hydrogen-bond donors (Lipinski definition) is 0. The van der Waals surface area contributed by atoms with Gasteiger partial charge in [0.05, 0.1) is 0 Å². The first-order valence-corrected chi connectivity index (χ1v) is 6.40. The number of rotatable bonds is 3. The van der Waals surface area contributed by atoms with Crippen LogP contribution in [-0.2, 0) is 6.42 Å². The van der Waals surface area contributed by atoms with Crippen molar-refractivity contribution in [3.8, 4) is 0 Å². The summed E-state index contributed by atoms with van der Waals surface area (Å²) in [5, 5.41) is 0. The summed E-state index contributed by atoms with van der Waals surface area (Å²) < 4.78 is 0. The van der Waals surface area contributed by atoms with Crippen molar-refractivity contribution in [2.24, 2.45) is 5.92 Å². The molecule has 1 aromatic carbocycles. The molecule has 2 rings (SSSR count). The standard InChI is InChI=1S/C15H22/c1-13-7-9-15(10-8-13)12-11-14-5-3-2-4-6-14/h7-10,14H,2-6,11-12H2,1H3.